The van der Waals surface area contributed by atoms with E-state index in [9.17, 15) is 4.79 Å². The Morgan fingerprint density at radius 1 is 0.840 bits per heavy atom. The Kier molecular flexibility index (Phi) is 4.12. The van der Waals surface area contributed by atoms with Crippen LogP contribution in [-0.4, -0.2) is 5.91 Å². The van der Waals surface area contributed by atoms with Crippen LogP contribution in [0.1, 0.15) is 22.1 Å². The molecule has 25 heavy (non-hydrogen) atoms. The van der Waals surface area contributed by atoms with Crippen molar-refractivity contribution in [1.29, 1.82) is 0 Å². The number of fused-ring (bicyclic) bond motifs is 1. The summed E-state index contributed by atoms with van der Waals surface area (Å²) in [5.74, 6) is -0.0533. The Morgan fingerprint density at radius 3 is 2.28 bits per heavy atom. The van der Waals surface area contributed by atoms with Crippen molar-refractivity contribution in [1.82, 2.24) is 0 Å². The molecule has 0 spiro atoms. The van der Waals surface area contributed by atoms with Crippen LogP contribution >= 0.6 is 23.2 Å². The minimum atomic E-state index is -0.343. The molecule has 1 amide bonds. The Bertz CT molecular complexity index is 940. The van der Waals surface area contributed by atoms with E-state index >= 15 is 0 Å². The number of carbonyl (C=O) groups is 1. The number of benzene rings is 3. The summed E-state index contributed by atoms with van der Waals surface area (Å²) < 4.78 is 0. The molecular weight excluding hydrogens is 355 g/mol. The van der Waals surface area contributed by atoms with Gasteiger partial charge < -0.3 is 5.32 Å². The minimum absolute atomic E-state index is 0.0533. The van der Waals surface area contributed by atoms with E-state index in [1.165, 1.54) is 0 Å². The zero-order valence-corrected chi connectivity index (χ0v) is 14.6. The molecule has 1 aliphatic rings. The number of hydrogen-bond acceptors (Lipinski definition) is 2. The predicted octanol–water partition coefficient (Wildman–Crippen LogP) is 5.76. The van der Waals surface area contributed by atoms with Crippen LogP contribution in [0.4, 0.5) is 11.4 Å². The fraction of sp³-hybridized carbons (Fsp3) is 0.0500. The lowest BCUT2D eigenvalue weighted by Crippen LogP contribution is -2.32. The highest BCUT2D eigenvalue weighted by Gasteiger charge is 2.37. The van der Waals surface area contributed by atoms with Gasteiger partial charge in [0.15, 0.2) is 0 Å². The van der Waals surface area contributed by atoms with E-state index in [0.717, 1.165) is 16.9 Å². The Balaban J connectivity index is 1.80. The number of nitrogens with zero attached hydrogens (tertiary/aromatic N) is 1. The molecule has 3 aromatic carbocycles. The van der Waals surface area contributed by atoms with Gasteiger partial charge >= 0.3 is 0 Å². The number of nitrogens with one attached hydrogen (secondary N) is 1. The number of carbonyl (C=O) groups excluding carboxylic acids is 1. The molecule has 1 aliphatic heterocycles. The van der Waals surface area contributed by atoms with Crippen LogP contribution in [0.15, 0.2) is 72.8 Å². The average Bonchev–Trinajstić information content (AvgIpc) is 2.90. The van der Waals surface area contributed by atoms with Gasteiger partial charge in [-0.05, 0) is 42.5 Å². The number of halogens is 2. The quantitative estimate of drug-likeness (QED) is 0.636. The number of amides is 1. The number of para-hydroxylation sites is 1. The Hall–Kier alpha value is -2.49. The second-order valence-electron chi connectivity index (χ2n) is 5.77. The monoisotopic (exact) mass is 368 g/mol. The van der Waals surface area contributed by atoms with Crippen molar-refractivity contribution >= 4 is 40.5 Å². The standard InChI is InChI=1S/C20H14Cl2N2O/c21-13-9-11-14(12-10-13)24-19(23-18-8-4-3-7-17(18)22)15-5-1-2-6-16(15)20(24)25/h1-12,19,23H/t19-/m1/s1. The third-order valence-electron chi connectivity index (χ3n) is 4.23. The molecule has 0 aromatic heterocycles. The maximum absolute atomic E-state index is 13.0. The van der Waals surface area contributed by atoms with Gasteiger partial charge in [0.1, 0.15) is 6.17 Å². The molecule has 3 aromatic rings. The van der Waals surface area contributed by atoms with Gasteiger partial charge in [-0.15, -0.1) is 0 Å². The molecule has 0 saturated carbocycles. The third-order valence-corrected chi connectivity index (χ3v) is 4.82. The lowest BCUT2D eigenvalue weighted by atomic mass is 10.1. The average molecular weight is 369 g/mol. The normalized spacial score (nSPS) is 16.0. The van der Waals surface area contributed by atoms with Crippen molar-refractivity contribution < 1.29 is 4.79 Å². The fourth-order valence-corrected chi connectivity index (χ4v) is 3.37. The molecular formula is C20H14Cl2N2O. The van der Waals surface area contributed by atoms with Crippen LogP contribution in [-0.2, 0) is 0 Å². The summed E-state index contributed by atoms with van der Waals surface area (Å²) >= 11 is 12.3. The molecule has 0 bridgehead atoms. The molecule has 0 aliphatic carbocycles. The summed E-state index contributed by atoms with van der Waals surface area (Å²) in [6, 6.07) is 22.3. The van der Waals surface area contributed by atoms with E-state index < -0.39 is 0 Å². The summed E-state index contributed by atoms with van der Waals surface area (Å²) in [6.07, 6.45) is -0.343. The molecule has 0 fully saturated rings. The van der Waals surface area contributed by atoms with Crippen molar-refractivity contribution in [3.05, 3.63) is 94.0 Å². The Labute approximate surface area is 155 Å². The number of anilines is 2. The van der Waals surface area contributed by atoms with Crippen LogP contribution < -0.4 is 10.2 Å². The first-order valence-electron chi connectivity index (χ1n) is 7.84. The van der Waals surface area contributed by atoms with Gasteiger partial charge in [0.25, 0.3) is 5.91 Å². The van der Waals surface area contributed by atoms with E-state index in [1.807, 2.05) is 60.7 Å². The van der Waals surface area contributed by atoms with Crippen LogP contribution in [0, 0.1) is 0 Å². The van der Waals surface area contributed by atoms with Crippen molar-refractivity contribution in [2.75, 3.05) is 10.2 Å². The number of hydrogen-bond donors (Lipinski definition) is 1. The minimum Gasteiger partial charge on any atom is -0.360 e. The van der Waals surface area contributed by atoms with Crippen molar-refractivity contribution in [3.63, 3.8) is 0 Å². The van der Waals surface area contributed by atoms with Crippen LogP contribution in [0.3, 0.4) is 0 Å². The van der Waals surface area contributed by atoms with E-state index in [4.69, 9.17) is 23.2 Å². The first-order chi connectivity index (χ1) is 12.1. The first kappa shape index (κ1) is 16.0. The summed E-state index contributed by atoms with van der Waals surface area (Å²) in [5, 5.41) is 4.63. The van der Waals surface area contributed by atoms with E-state index in [2.05, 4.69) is 5.32 Å². The highest BCUT2D eigenvalue weighted by Crippen LogP contribution is 2.39. The highest BCUT2D eigenvalue weighted by molar-refractivity contribution is 6.33. The summed E-state index contributed by atoms with van der Waals surface area (Å²) in [5.41, 5.74) is 3.15. The summed E-state index contributed by atoms with van der Waals surface area (Å²) in [7, 11) is 0. The zero-order valence-electron chi connectivity index (χ0n) is 13.1. The SMILES string of the molecule is O=C1c2ccccc2[C@H](Nc2ccccc2Cl)N1c1ccc(Cl)cc1. The molecule has 0 radical (unpaired) electrons. The van der Waals surface area contributed by atoms with Crippen molar-refractivity contribution in [2.45, 2.75) is 6.17 Å². The predicted molar refractivity (Wildman–Crippen MR) is 103 cm³/mol. The molecule has 124 valence electrons. The van der Waals surface area contributed by atoms with Gasteiger partial charge in [0.05, 0.1) is 10.7 Å². The lowest BCUT2D eigenvalue weighted by molar-refractivity contribution is 0.0993. The zero-order chi connectivity index (χ0) is 17.4. The molecule has 1 heterocycles. The maximum atomic E-state index is 13.0. The molecule has 4 rings (SSSR count). The van der Waals surface area contributed by atoms with E-state index in [0.29, 0.717) is 15.6 Å². The summed E-state index contributed by atoms with van der Waals surface area (Å²) in [4.78, 5) is 14.7. The van der Waals surface area contributed by atoms with Gasteiger partial charge in [0, 0.05) is 21.8 Å². The van der Waals surface area contributed by atoms with Crippen molar-refractivity contribution in [3.8, 4) is 0 Å². The molecule has 1 atom stereocenters. The second-order valence-corrected chi connectivity index (χ2v) is 6.61. The second kappa shape index (κ2) is 6.43. The van der Waals surface area contributed by atoms with E-state index in [-0.39, 0.29) is 12.1 Å². The van der Waals surface area contributed by atoms with Crippen molar-refractivity contribution in [2.24, 2.45) is 0 Å². The smallest absolute Gasteiger partial charge is 0.260 e. The van der Waals surface area contributed by atoms with Gasteiger partial charge in [-0.2, -0.15) is 0 Å². The molecule has 0 unspecified atom stereocenters. The van der Waals surface area contributed by atoms with Crippen LogP contribution in [0.25, 0.3) is 0 Å². The third kappa shape index (κ3) is 2.86. The fourth-order valence-electron chi connectivity index (χ4n) is 3.05. The van der Waals surface area contributed by atoms with Crippen LogP contribution in [0.2, 0.25) is 10.0 Å². The molecule has 5 heteroatoms. The molecule has 1 N–H and O–H groups in total. The topological polar surface area (TPSA) is 32.3 Å². The van der Waals surface area contributed by atoms with E-state index in [1.54, 1.807) is 17.0 Å². The highest BCUT2D eigenvalue weighted by atomic mass is 35.5. The molecule has 3 nitrogen and oxygen atoms in total. The van der Waals surface area contributed by atoms with Gasteiger partial charge in [0.2, 0.25) is 0 Å². The lowest BCUT2D eigenvalue weighted by Gasteiger charge is -2.27. The van der Waals surface area contributed by atoms with Gasteiger partial charge in [-0.3, -0.25) is 9.69 Å². The van der Waals surface area contributed by atoms with Gasteiger partial charge in [-0.25, -0.2) is 0 Å². The first-order valence-corrected chi connectivity index (χ1v) is 8.60. The number of rotatable bonds is 3. The van der Waals surface area contributed by atoms with Gasteiger partial charge in [-0.1, -0.05) is 53.5 Å². The summed E-state index contributed by atoms with van der Waals surface area (Å²) in [6.45, 7) is 0. The largest absolute Gasteiger partial charge is 0.360 e. The Morgan fingerprint density at radius 2 is 1.52 bits per heavy atom. The molecule has 0 saturated heterocycles. The maximum Gasteiger partial charge on any atom is 0.260 e. The van der Waals surface area contributed by atoms with Crippen LogP contribution in [0.5, 0.6) is 0 Å².